The highest BCUT2D eigenvalue weighted by molar-refractivity contribution is 6.26. The molecule has 0 aliphatic rings. The molecular weight excluding hydrogens is 326 g/mol. The van der Waals surface area contributed by atoms with Crippen LogP contribution < -0.4 is 5.32 Å². The van der Waals surface area contributed by atoms with Crippen LogP contribution in [0.2, 0.25) is 0 Å². The summed E-state index contributed by atoms with van der Waals surface area (Å²) in [5, 5.41) is 11.7. The Kier molecular flexibility index (Phi) is 3.42. The molecule has 5 rings (SSSR count). The molecule has 0 aromatic heterocycles. The minimum absolute atomic E-state index is 0.0214. The van der Waals surface area contributed by atoms with Crippen LogP contribution in [-0.2, 0) is 0 Å². The van der Waals surface area contributed by atoms with Crippen molar-refractivity contribution in [3.8, 4) is 11.1 Å². The third-order valence-corrected chi connectivity index (χ3v) is 5.23. The van der Waals surface area contributed by atoms with Gasteiger partial charge >= 0.3 is 0 Å². The molecule has 0 saturated heterocycles. The summed E-state index contributed by atoms with van der Waals surface area (Å²) >= 11 is 0. The zero-order valence-corrected chi connectivity index (χ0v) is 16.0. The van der Waals surface area contributed by atoms with Gasteiger partial charge in [0.1, 0.15) is 0 Å². The van der Waals surface area contributed by atoms with E-state index in [-0.39, 0.29) is 5.54 Å². The SMILES string of the molecule is CC(C)(C)Nc1c(-c2ccccc2)cc2ccc3cccc4ccc1c2c34. The van der Waals surface area contributed by atoms with Crippen molar-refractivity contribution in [1.29, 1.82) is 0 Å². The van der Waals surface area contributed by atoms with E-state index in [2.05, 4.69) is 105 Å². The molecule has 1 heteroatoms. The van der Waals surface area contributed by atoms with E-state index in [1.807, 2.05) is 0 Å². The van der Waals surface area contributed by atoms with Crippen molar-refractivity contribution < 1.29 is 0 Å². The predicted molar refractivity (Wildman–Crippen MR) is 119 cm³/mol. The molecule has 27 heavy (non-hydrogen) atoms. The lowest BCUT2D eigenvalue weighted by Crippen LogP contribution is -2.26. The summed E-state index contributed by atoms with van der Waals surface area (Å²) < 4.78 is 0. The third kappa shape index (κ3) is 2.62. The summed E-state index contributed by atoms with van der Waals surface area (Å²) in [5.41, 5.74) is 3.71. The van der Waals surface area contributed by atoms with Gasteiger partial charge in [0, 0.05) is 16.5 Å². The lowest BCUT2D eigenvalue weighted by atomic mass is 9.89. The topological polar surface area (TPSA) is 12.0 Å². The average Bonchev–Trinajstić information content (AvgIpc) is 2.66. The fraction of sp³-hybridized carbons (Fsp3) is 0.154. The first-order valence-corrected chi connectivity index (χ1v) is 9.55. The minimum Gasteiger partial charge on any atom is -0.379 e. The Morgan fingerprint density at radius 1 is 0.630 bits per heavy atom. The van der Waals surface area contributed by atoms with E-state index in [9.17, 15) is 0 Å². The summed E-state index contributed by atoms with van der Waals surface area (Å²) in [6.45, 7) is 6.67. The van der Waals surface area contributed by atoms with Crippen LogP contribution in [0, 0.1) is 0 Å². The molecule has 0 atom stereocenters. The molecule has 0 aliphatic carbocycles. The van der Waals surface area contributed by atoms with Crippen LogP contribution in [0.1, 0.15) is 20.8 Å². The highest BCUT2D eigenvalue weighted by atomic mass is 15.0. The summed E-state index contributed by atoms with van der Waals surface area (Å²) in [7, 11) is 0. The van der Waals surface area contributed by atoms with Crippen molar-refractivity contribution in [2.45, 2.75) is 26.3 Å². The highest BCUT2D eigenvalue weighted by Gasteiger charge is 2.19. The van der Waals surface area contributed by atoms with Crippen LogP contribution in [0.15, 0.2) is 78.9 Å². The maximum Gasteiger partial charge on any atom is 0.0504 e. The fourth-order valence-corrected chi connectivity index (χ4v) is 4.17. The van der Waals surface area contributed by atoms with Gasteiger partial charge in [-0.05, 0) is 59.3 Å². The standard InChI is InChI=1S/C26H23N/c1-26(2,3)27-25-21-15-14-19-11-7-10-18-12-13-20(24(21)23(18)19)16-22(25)17-8-5-4-6-9-17/h4-16,27H,1-3H3. The number of hydrogen-bond donors (Lipinski definition) is 1. The van der Waals surface area contributed by atoms with Gasteiger partial charge in [0.2, 0.25) is 0 Å². The number of rotatable bonds is 2. The van der Waals surface area contributed by atoms with Crippen molar-refractivity contribution in [2.24, 2.45) is 0 Å². The van der Waals surface area contributed by atoms with Gasteiger partial charge in [-0.1, -0.05) is 72.8 Å². The first-order chi connectivity index (χ1) is 13.0. The molecule has 0 aliphatic heterocycles. The normalized spacial score (nSPS) is 12.3. The molecule has 0 saturated carbocycles. The predicted octanol–water partition coefficient (Wildman–Crippen LogP) is 7.46. The summed E-state index contributed by atoms with van der Waals surface area (Å²) in [4.78, 5) is 0. The molecule has 5 aromatic rings. The molecule has 1 nitrogen and oxygen atoms in total. The Hall–Kier alpha value is -3.06. The Morgan fingerprint density at radius 2 is 1.30 bits per heavy atom. The van der Waals surface area contributed by atoms with Gasteiger partial charge in [-0.3, -0.25) is 0 Å². The van der Waals surface area contributed by atoms with Crippen LogP contribution in [0.4, 0.5) is 5.69 Å². The number of anilines is 1. The number of benzene rings is 5. The van der Waals surface area contributed by atoms with Crippen LogP contribution in [0.25, 0.3) is 43.4 Å². The van der Waals surface area contributed by atoms with E-state index in [1.54, 1.807) is 0 Å². The molecular formula is C26H23N. The molecule has 132 valence electrons. The molecule has 0 unspecified atom stereocenters. The number of nitrogens with one attached hydrogen (secondary N) is 1. The Labute approximate surface area is 160 Å². The lowest BCUT2D eigenvalue weighted by Gasteiger charge is -2.27. The monoisotopic (exact) mass is 349 g/mol. The number of hydrogen-bond acceptors (Lipinski definition) is 1. The largest absolute Gasteiger partial charge is 0.379 e. The third-order valence-electron chi connectivity index (χ3n) is 5.23. The Bertz CT molecular complexity index is 1240. The van der Waals surface area contributed by atoms with E-state index in [0.29, 0.717) is 0 Å². The highest BCUT2D eigenvalue weighted by Crippen LogP contribution is 2.43. The summed E-state index contributed by atoms with van der Waals surface area (Å²) in [6, 6.07) is 28.6. The van der Waals surface area contributed by atoms with Crippen LogP contribution in [0.3, 0.4) is 0 Å². The fourth-order valence-electron chi connectivity index (χ4n) is 4.17. The summed E-state index contributed by atoms with van der Waals surface area (Å²) in [5.74, 6) is 0. The molecule has 0 heterocycles. The quantitative estimate of drug-likeness (QED) is 0.326. The van der Waals surface area contributed by atoms with Crippen molar-refractivity contribution in [3.63, 3.8) is 0 Å². The van der Waals surface area contributed by atoms with Gasteiger partial charge in [-0.25, -0.2) is 0 Å². The second-order valence-corrected chi connectivity index (χ2v) is 8.40. The van der Waals surface area contributed by atoms with E-state index in [0.717, 1.165) is 0 Å². The Morgan fingerprint density at radius 3 is 2.00 bits per heavy atom. The molecule has 0 fully saturated rings. The van der Waals surface area contributed by atoms with Crippen molar-refractivity contribution in [2.75, 3.05) is 5.32 Å². The second kappa shape index (κ2) is 5.72. The molecule has 1 N–H and O–H groups in total. The van der Waals surface area contributed by atoms with Gasteiger partial charge in [0.05, 0.1) is 5.69 Å². The van der Waals surface area contributed by atoms with E-state index < -0.39 is 0 Å². The smallest absolute Gasteiger partial charge is 0.0504 e. The molecule has 0 bridgehead atoms. The van der Waals surface area contributed by atoms with Crippen molar-refractivity contribution in [1.82, 2.24) is 0 Å². The first-order valence-electron chi connectivity index (χ1n) is 9.55. The summed E-state index contributed by atoms with van der Waals surface area (Å²) in [6.07, 6.45) is 0. The Balaban J connectivity index is 1.96. The van der Waals surface area contributed by atoms with Crippen LogP contribution in [-0.4, -0.2) is 5.54 Å². The van der Waals surface area contributed by atoms with Gasteiger partial charge < -0.3 is 5.32 Å². The molecule has 0 radical (unpaired) electrons. The lowest BCUT2D eigenvalue weighted by molar-refractivity contribution is 0.635. The van der Waals surface area contributed by atoms with Crippen LogP contribution >= 0.6 is 0 Å². The van der Waals surface area contributed by atoms with E-state index >= 15 is 0 Å². The second-order valence-electron chi connectivity index (χ2n) is 8.40. The van der Waals surface area contributed by atoms with Crippen molar-refractivity contribution in [3.05, 3.63) is 78.9 Å². The van der Waals surface area contributed by atoms with Gasteiger partial charge in [-0.2, -0.15) is 0 Å². The van der Waals surface area contributed by atoms with Gasteiger partial charge in [0.25, 0.3) is 0 Å². The maximum atomic E-state index is 3.80. The molecule has 5 aromatic carbocycles. The van der Waals surface area contributed by atoms with Crippen LogP contribution in [0.5, 0.6) is 0 Å². The van der Waals surface area contributed by atoms with E-state index in [4.69, 9.17) is 0 Å². The maximum absolute atomic E-state index is 3.80. The molecule has 0 spiro atoms. The van der Waals surface area contributed by atoms with Gasteiger partial charge in [-0.15, -0.1) is 0 Å². The van der Waals surface area contributed by atoms with Crippen molar-refractivity contribution >= 4 is 38.0 Å². The molecule has 0 amide bonds. The van der Waals surface area contributed by atoms with Gasteiger partial charge in [0.15, 0.2) is 0 Å². The van der Waals surface area contributed by atoms with E-state index in [1.165, 1.54) is 49.1 Å². The zero-order chi connectivity index (χ0) is 18.6. The zero-order valence-electron chi connectivity index (χ0n) is 16.0. The average molecular weight is 349 g/mol. The first kappa shape index (κ1) is 16.1. The minimum atomic E-state index is -0.0214.